The van der Waals surface area contributed by atoms with Crippen LogP contribution in [0.3, 0.4) is 0 Å². The maximum Gasteiger partial charge on any atom is 0.315 e. The fourth-order valence-corrected chi connectivity index (χ4v) is 1.37. The van der Waals surface area contributed by atoms with E-state index in [0.717, 1.165) is 6.42 Å². The molecule has 0 unspecified atom stereocenters. The number of carbonyl (C=O) groups excluding carboxylic acids is 2. The second kappa shape index (κ2) is 7.24. The molecular formula is C13H27N3O2. The van der Waals surface area contributed by atoms with E-state index in [1.54, 1.807) is 0 Å². The summed E-state index contributed by atoms with van der Waals surface area (Å²) in [5, 5.41) is 8.43. The molecule has 18 heavy (non-hydrogen) atoms. The molecule has 0 radical (unpaired) electrons. The third-order valence-electron chi connectivity index (χ3n) is 2.65. The highest BCUT2D eigenvalue weighted by Crippen LogP contribution is 2.06. The molecule has 5 heteroatoms. The van der Waals surface area contributed by atoms with E-state index in [2.05, 4.69) is 16.0 Å². The largest absolute Gasteiger partial charge is 0.354 e. The Morgan fingerprint density at radius 2 is 1.67 bits per heavy atom. The maximum absolute atomic E-state index is 11.7. The highest BCUT2D eigenvalue weighted by Gasteiger charge is 2.19. The minimum absolute atomic E-state index is 0.0486. The molecule has 0 aliphatic rings. The Morgan fingerprint density at radius 1 is 1.11 bits per heavy atom. The SMILES string of the molecule is CCC(C)(C)NC(=O)N[C@H](C)CC(=O)NC(C)C. The lowest BCUT2D eigenvalue weighted by atomic mass is 10.0. The molecule has 0 aromatic carbocycles. The summed E-state index contributed by atoms with van der Waals surface area (Å²) in [7, 11) is 0. The number of nitrogens with one attached hydrogen (secondary N) is 3. The van der Waals surface area contributed by atoms with Crippen LogP contribution in [0.4, 0.5) is 4.79 Å². The van der Waals surface area contributed by atoms with Crippen molar-refractivity contribution < 1.29 is 9.59 Å². The molecule has 0 fully saturated rings. The van der Waals surface area contributed by atoms with E-state index in [4.69, 9.17) is 0 Å². The van der Waals surface area contributed by atoms with Gasteiger partial charge in [0.1, 0.15) is 0 Å². The Bertz CT molecular complexity index is 288. The van der Waals surface area contributed by atoms with Crippen molar-refractivity contribution in [3.05, 3.63) is 0 Å². The maximum atomic E-state index is 11.7. The number of amides is 3. The number of urea groups is 1. The fourth-order valence-electron chi connectivity index (χ4n) is 1.37. The molecule has 0 bridgehead atoms. The molecule has 0 aliphatic heterocycles. The summed E-state index contributed by atoms with van der Waals surface area (Å²) in [5.41, 5.74) is -0.232. The molecule has 0 rings (SSSR count). The lowest BCUT2D eigenvalue weighted by Crippen LogP contribution is -2.50. The first kappa shape index (κ1) is 16.7. The lowest BCUT2D eigenvalue weighted by molar-refractivity contribution is -0.121. The van der Waals surface area contributed by atoms with Crippen molar-refractivity contribution in [2.24, 2.45) is 0 Å². The third kappa shape index (κ3) is 7.92. The van der Waals surface area contributed by atoms with E-state index in [-0.39, 0.29) is 36.0 Å². The van der Waals surface area contributed by atoms with E-state index in [0.29, 0.717) is 0 Å². The number of carbonyl (C=O) groups is 2. The van der Waals surface area contributed by atoms with E-state index in [1.807, 2.05) is 41.5 Å². The second-order valence-electron chi connectivity index (χ2n) is 5.66. The zero-order chi connectivity index (χ0) is 14.3. The molecule has 0 saturated heterocycles. The molecule has 3 amide bonds. The van der Waals surface area contributed by atoms with Gasteiger partial charge in [-0.05, 0) is 41.0 Å². The van der Waals surface area contributed by atoms with Crippen molar-refractivity contribution in [1.82, 2.24) is 16.0 Å². The summed E-state index contributed by atoms with van der Waals surface area (Å²) in [6.07, 6.45) is 1.14. The van der Waals surface area contributed by atoms with Crippen LogP contribution in [0.5, 0.6) is 0 Å². The van der Waals surface area contributed by atoms with Crippen LogP contribution in [-0.4, -0.2) is 29.6 Å². The summed E-state index contributed by atoms with van der Waals surface area (Å²) in [4.78, 5) is 23.2. The van der Waals surface area contributed by atoms with Gasteiger partial charge in [-0.1, -0.05) is 6.92 Å². The van der Waals surface area contributed by atoms with Gasteiger partial charge in [0.05, 0.1) is 0 Å². The lowest BCUT2D eigenvalue weighted by Gasteiger charge is -2.26. The Balaban J connectivity index is 4.05. The van der Waals surface area contributed by atoms with E-state index in [9.17, 15) is 9.59 Å². The van der Waals surface area contributed by atoms with Crippen molar-refractivity contribution >= 4 is 11.9 Å². The third-order valence-corrected chi connectivity index (χ3v) is 2.65. The van der Waals surface area contributed by atoms with E-state index in [1.165, 1.54) is 0 Å². The Morgan fingerprint density at radius 3 is 2.11 bits per heavy atom. The molecule has 106 valence electrons. The summed E-state index contributed by atoms with van der Waals surface area (Å²) in [6, 6.07) is -0.291. The van der Waals surface area contributed by atoms with E-state index >= 15 is 0 Å². The van der Waals surface area contributed by atoms with Crippen LogP contribution in [0.2, 0.25) is 0 Å². The quantitative estimate of drug-likeness (QED) is 0.679. The highest BCUT2D eigenvalue weighted by molar-refractivity contribution is 5.79. The first-order chi connectivity index (χ1) is 8.16. The zero-order valence-corrected chi connectivity index (χ0v) is 12.4. The number of hydrogen-bond acceptors (Lipinski definition) is 2. The Labute approximate surface area is 110 Å². The van der Waals surface area contributed by atoms with Crippen molar-refractivity contribution in [1.29, 1.82) is 0 Å². The summed E-state index contributed by atoms with van der Waals surface area (Å²) in [5.74, 6) is -0.0486. The highest BCUT2D eigenvalue weighted by atomic mass is 16.2. The second-order valence-corrected chi connectivity index (χ2v) is 5.66. The van der Waals surface area contributed by atoms with Gasteiger partial charge in [0.25, 0.3) is 0 Å². The van der Waals surface area contributed by atoms with Crippen molar-refractivity contribution in [3.8, 4) is 0 Å². The number of rotatable bonds is 6. The first-order valence-corrected chi connectivity index (χ1v) is 6.54. The van der Waals surface area contributed by atoms with Gasteiger partial charge in [-0.3, -0.25) is 4.79 Å². The standard InChI is InChI=1S/C13H27N3O2/c1-7-13(5,6)16-12(18)15-10(4)8-11(17)14-9(2)3/h9-10H,7-8H2,1-6H3,(H,14,17)(H2,15,16,18)/t10-/m1/s1. The average Bonchev–Trinajstić information content (AvgIpc) is 2.14. The van der Waals surface area contributed by atoms with Gasteiger partial charge in [0.2, 0.25) is 5.91 Å². The average molecular weight is 257 g/mol. The smallest absolute Gasteiger partial charge is 0.315 e. The topological polar surface area (TPSA) is 70.2 Å². The van der Waals surface area contributed by atoms with Crippen LogP contribution in [0.15, 0.2) is 0 Å². The molecule has 0 saturated carbocycles. The Kier molecular flexibility index (Phi) is 6.73. The van der Waals surface area contributed by atoms with Gasteiger partial charge in [-0.15, -0.1) is 0 Å². The van der Waals surface area contributed by atoms with Gasteiger partial charge in [0, 0.05) is 24.0 Å². The number of hydrogen-bond donors (Lipinski definition) is 3. The van der Waals surface area contributed by atoms with Crippen LogP contribution in [-0.2, 0) is 4.79 Å². The minimum atomic E-state index is -0.232. The van der Waals surface area contributed by atoms with E-state index < -0.39 is 0 Å². The van der Waals surface area contributed by atoms with Crippen LogP contribution >= 0.6 is 0 Å². The van der Waals surface area contributed by atoms with Crippen molar-refractivity contribution in [3.63, 3.8) is 0 Å². The van der Waals surface area contributed by atoms with Crippen LogP contribution in [0.1, 0.15) is 54.4 Å². The van der Waals surface area contributed by atoms with Gasteiger partial charge in [-0.25, -0.2) is 4.79 Å². The van der Waals surface area contributed by atoms with Crippen LogP contribution < -0.4 is 16.0 Å². The first-order valence-electron chi connectivity index (χ1n) is 6.54. The van der Waals surface area contributed by atoms with Gasteiger partial charge in [0.15, 0.2) is 0 Å². The molecule has 5 nitrogen and oxygen atoms in total. The normalized spacial score (nSPS) is 13.1. The molecule has 0 spiro atoms. The van der Waals surface area contributed by atoms with Crippen molar-refractivity contribution in [2.75, 3.05) is 0 Å². The molecule has 0 aliphatic carbocycles. The molecule has 0 heterocycles. The molecular weight excluding hydrogens is 230 g/mol. The fraction of sp³-hybridized carbons (Fsp3) is 0.846. The summed E-state index contributed by atoms with van der Waals surface area (Å²) >= 11 is 0. The van der Waals surface area contributed by atoms with Crippen LogP contribution in [0, 0.1) is 0 Å². The van der Waals surface area contributed by atoms with Gasteiger partial charge < -0.3 is 16.0 Å². The molecule has 1 atom stereocenters. The summed E-state index contributed by atoms with van der Waals surface area (Å²) < 4.78 is 0. The van der Waals surface area contributed by atoms with Gasteiger partial charge >= 0.3 is 6.03 Å². The van der Waals surface area contributed by atoms with Gasteiger partial charge in [-0.2, -0.15) is 0 Å². The molecule has 3 N–H and O–H groups in total. The van der Waals surface area contributed by atoms with Crippen LogP contribution in [0.25, 0.3) is 0 Å². The predicted molar refractivity (Wildman–Crippen MR) is 73.4 cm³/mol. The summed E-state index contributed by atoms with van der Waals surface area (Å²) in [6.45, 7) is 11.6. The molecule has 0 aromatic rings. The van der Waals surface area contributed by atoms with Crippen molar-refractivity contribution in [2.45, 2.75) is 72.0 Å². The predicted octanol–water partition coefficient (Wildman–Crippen LogP) is 1.78. The zero-order valence-electron chi connectivity index (χ0n) is 12.4. The Hall–Kier alpha value is -1.26. The minimum Gasteiger partial charge on any atom is -0.354 e. The monoisotopic (exact) mass is 257 g/mol. The molecule has 0 aromatic heterocycles.